The first-order chi connectivity index (χ1) is 9.06. The fourth-order valence-corrected chi connectivity index (χ4v) is 1.75. The van der Waals surface area contributed by atoms with Crippen molar-refractivity contribution in [1.29, 1.82) is 0 Å². The van der Waals surface area contributed by atoms with Gasteiger partial charge >= 0.3 is 0 Å². The quantitative estimate of drug-likeness (QED) is 0.673. The van der Waals surface area contributed by atoms with E-state index in [4.69, 9.17) is 15.6 Å². The largest absolute Gasteiger partial charge is 0.473 e. The Kier molecular flexibility index (Phi) is 6.42. The van der Waals surface area contributed by atoms with Crippen molar-refractivity contribution in [1.82, 2.24) is 4.98 Å². The number of ether oxygens (including phenoxy) is 1. The first kappa shape index (κ1) is 15.6. The molecule has 0 bridgehead atoms. The topological polar surface area (TPSA) is 80.4 Å². The van der Waals surface area contributed by atoms with E-state index in [1.807, 2.05) is 19.9 Å². The van der Waals surface area contributed by atoms with Gasteiger partial charge in [-0.1, -0.05) is 13.3 Å². The second-order valence-electron chi connectivity index (χ2n) is 4.92. The molecule has 0 fully saturated rings. The molecule has 0 saturated heterocycles. The molecule has 4 N–H and O–H groups in total. The van der Waals surface area contributed by atoms with Crippen molar-refractivity contribution in [2.45, 2.75) is 39.7 Å². The summed E-state index contributed by atoms with van der Waals surface area (Å²) in [6, 6.07) is 3.63. The summed E-state index contributed by atoms with van der Waals surface area (Å²) in [6.45, 7) is 7.00. The Morgan fingerprint density at radius 1 is 1.42 bits per heavy atom. The third-order valence-electron chi connectivity index (χ3n) is 2.92. The third kappa shape index (κ3) is 5.34. The Balaban J connectivity index is 2.63. The van der Waals surface area contributed by atoms with Gasteiger partial charge in [0.25, 0.3) is 0 Å². The first-order valence-electron chi connectivity index (χ1n) is 6.84. The van der Waals surface area contributed by atoms with Crippen molar-refractivity contribution >= 4 is 11.5 Å². The second kappa shape index (κ2) is 7.84. The number of nitrogens with one attached hydrogen (secondary N) is 1. The van der Waals surface area contributed by atoms with Crippen LogP contribution in [0.5, 0.6) is 5.88 Å². The summed E-state index contributed by atoms with van der Waals surface area (Å²) in [5.41, 5.74) is 6.36. The van der Waals surface area contributed by atoms with Gasteiger partial charge in [-0.3, -0.25) is 0 Å². The van der Waals surface area contributed by atoms with Crippen LogP contribution in [0, 0.1) is 5.92 Å². The van der Waals surface area contributed by atoms with Crippen LogP contribution in [-0.2, 0) is 0 Å². The molecule has 0 aromatic carbocycles. The highest BCUT2D eigenvalue weighted by Crippen LogP contribution is 2.22. The maximum Gasteiger partial charge on any atom is 0.239 e. The maximum atomic E-state index is 8.96. The molecule has 0 spiro atoms. The van der Waals surface area contributed by atoms with E-state index in [1.54, 1.807) is 6.07 Å². The number of nitrogens with zero attached hydrogens (tertiary/aromatic N) is 1. The molecule has 5 nitrogen and oxygen atoms in total. The molecule has 1 unspecified atom stereocenters. The summed E-state index contributed by atoms with van der Waals surface area (Å²) in [5.74, 6) is 1.66. The van der Waals surface area contributed by atoms with Crippen LogP contribution in [0.3, 0.4) is 0 Å². The summed E-state index contributed by atoms with van der Waals surface area (Å²) in [5, 5.41) is 12.2. The van der Waals surface area contributed by atoms with E-state index in [1.165, 1.54) is 0 Å². The normalized spacial score (nSPS) is 12.5. The number of nitrogens with two attached hydrogens (primary N) is 1. The number of hydrogen-bond donors (Lipinski definition) is 3. The van der Waals surface area contributed by atoms with Crippen LogP contribution in [0.25, 0.3) is 0 Å². The molecule has 1 atom stereocenters. The lowest BCUT2D eigenvalue weighted by molar-refractivity contribution is 0.234. The number of aromatic nitrogens is 1. The van der Waals surface area contributed by atoms with Gasteiger partial charge in [0.2, 0.25) is 5.88 Å². The van der Waals surface area contributed by atoms with Crippen LogP contribution in [0.4, 0.5) is 11.5 Å². The maximum absolute atomic E-state index is 8.96. The molecule has 5 heteroatoms. The molecule has 0 saturated carbocycles. The minimum Gasteiger partial charge on any atom is -0.473 e. The second-order valence-corrected chi connectivity index (χ2v) is 4.92. The van der Waals surface area contributed by atoms with Crippen LogP contribution in [0.2, 0.25) is 0 Å². The summed E-state index contributed by atoms with van der Waals surface area (Å²) in [7, 11) is 0. The van der Waals surface area contributed by atoms with Crippen LogP contribution in [0.1, 0.15) is 33.6 Å². The molecule has 0 amide bonds. The van der Waals surface area contributed by atoms with Crippen LogP contribution in [-0.4, -0.2) is 29.3 Å². The first-order valence-corrected chi connectivity index (χ1v) is 6.84. The SMILES string of the molecule is CCC(CCO)CNc1ccc(N)c(OC(C)C)n1. The van der Waals surface area contributed by atoms with Gasteiger partial charge in [0.05, 0.1) is 11.8 Å². The summed E-state index contributed by atoms with van der Waals surface area (Å²) in [4.78, 5) is 4.36. The highest BCUT2D eigenvalue weighted by atomic mass is 16.5. The van der Waals surface area contributed by atoms with E-state index in [0.717, 1.165) is 25.2 Å². The van der Waals surface area contributed by atoms with Gasteiger partial charge in [0.1, 0.15) is 5.82 Å². The lowest BCUT2D eigenvalue weighted by atomic mass is 10.0. The van der Waals surface area contributed by atoms with E-state index in [0.29, 0.717) is 17.5 Å². The number of aliphatic hydroxyl groups is 1. The number of anilines is 2. The van der Waals surface area contributed by atoms with E-state index >= 15 is 0 Å². The van der Waals surface area contributed by atoms with Gasteiger partial charge in [-0.15, -0.1) is 0 Å². The van der Waals surface area contributed by atoms with Gasteiger partial charge in [-0.25, -0.2) is 0 Å². The highest BCUT2D eigenvalue weighted by Gasteiger charge is 2.09. The van der Waals surface area contributed by atoms with Crippen molar-refractivity contribution in [2.75, 3.05) is 24.2 Å². The Morgan fingerprint density at radius 3 is 2.74 bits per heavy atom. The molecule has 1 heterocycles. The van der Waals surface area contributed by atoms with E-state index < -0.39 is 0 Å². The van der Waals surface area contributed by atoms with E-state index in [2.05, 4.69) is 17.2 Å². The van der Waals surface area contributed by atoms with Crippen molar-refractivity contribution in [2.24, 2.45) is 5.92 Å². The zero-order valence-corrected chi connectivity index (χ0v) is 12.0. The minimum atomic E-state index is 0.0443. The lowest BCUT2D eigenvalue weighted by Gasteiger charge is -2.16. The Morgan fingerprint density at radius 2 is 2.16 bits per heavy atom. The van der Waals surface area contributed by atoms with E-state index in [9.17, 15) is 0 Å². The monoisotopic (exact) mass is 267 g/mol. The van der Waals surface area contributed by atoms with E-state index in [-0.39, 0.29) is 12.7 Å². The zero-order chi connectivity index (χ0) is 14.3. The molecule has 0 aliphatic heterocycles. The molecule has 1 aromatic rings. The van der Waals surface area contributed by atoms with Crippen LogP contribution in [0.15, 0.2) is 12.1 Å². The molecular weight excluding hydrogens is 242 g/mol. The summed E-state index contributed by atoms with van der Waals surface area (Å²) < 4.78 is 5.55. The van der Waals surface area contributed by atoms with Gasteiger partial charge in [-0.05, 0) is 38.3 Å². The standard InChI is InChI=1S/C14H25N3O2/c1-4-11(7-8-18)9-16-13-6-5-12(15)14(17-13)19-10(2)3/h5-6,10-11,18H,4,7-9,15H2,1-3H3,(H,16,17). The molecule has 108 valence electrons. The fraction of sp³-hybridized carbons (Fsp3) is 0.643. The molecule has 0 aliphatic carbocycles. The third-order valence-corrected chi connectivity index (χ3v) is 2.92. The number of aliphatic hydroxyl groups excluding tert-OH is 1. The predicted octanol–water partition coefficient (Wildman–Crippen LogP) is 2.27. The number of rotatable bonds is 8. The fourth-order valence-electron chi connectivity index (χ4n) is 1.75. The Bertz CT molecular complexity index is 383. The average molecular weight is 267 g/mol. The highest BCUT2D eigenvalue weighted by molar-refractivity contribution is 5.53. The molecule has 1 rings (SSSR count). The summed E-state index contributed by atoms with van der Waals surface area (Å²) in [6.07, 6.45) is 1.87. The minimum absolute atomic E-state index is 0.0443. The van der Waals surface area contributed by atoms with Crippen LogP contribution < -0.4 is 15.8 Å². The predicted molar refractivity (Wildman–Crippen MR) is 78.4 cm³/mol. The van der Waals surface area contributed by atoms with Gasteiger partial charge in [0, 0.05) is 13.2 Å². The molecule has 1 aromatic heterocycles. The van der Waals surface area contributed by atoms with Gasteiger partial charge < -0.3 is 20.9 Å². The summed E-state index contributed by atoms with van der Waals surface area (Å²) >= 11 is 0. The average Bonchev–Trinajstić information content (AvgIpc) is 2.37. The van der Waals surface area contributed by atoms with Crippen molar-refractivity contribution in [3.8, 4) is 5.88 Å². The Labute approximate surface area is 115 Å². The van der Waals surface area contributed by atoms with Crippen LogP contribution >= 0.6 is 0 Å². The number of hydrogen-bond acceptors (Lipinski definition) is 5. The molecule has 0 aliphatic rings. The molecule has 19 heavy (non-hydrogen) atoms. The van der Waals surface area contributed by atoms with Gasteiger partial charge in [0.15, 0.2) is 0 Å². The van der Waals surface area contributed by atoms with Crippen molar-refractivity contribution in [3.63, 3.8) is 0 Å². The number of pyridine rings is 1. The zero-order valence-electron chi connectivity index (χ0n) is 12.0. The number of nitrogen functional groups attached to an aromatic ring is 1. The van der Waals surface area contributed by atoms with Crippen molar-refractivity contribution in [3.05, 3.63) is 12.1 Å². The molecule has 0 radical (unpaired) electrons. The van der Waals surface area contributed by atoms with Gasteiger partial charge in [-0.2, -0.15) is 4.98 Å². The smallest absolute Gasteiger partial charge is 0.239 e. The lowest BCUT2D eigenvalue weighted by Crippen LogP contribution is -2.16. The van der Waals surface area contributed by atoms with Crippen molar-refractivity contribution < 1.29 is 9.84 Å². The Hall–Kier alpha value is -1.49. The molecular formula is C14H25N3O2.